The minimum Gasteiger partial charge on any atom is -0.496 e. The molecule has 1 aliphatic heterocycles. The number of hydrogen-bond donors (Lipinski definition) is 1. The third-order valence-electron chi connectivity index (χ3n) is 5.53. The molecule has 2 aromatic carbocycles. The molecule has 1 fully saturated rings. The predicted molar refractivity (Wildman–Crippen MR) is 109 cm³/mol. The van der Waals surface area contributed by atoms with E-state index in [0.29, 0.717) is 49.6 Å². The molecule has 0 spiro atoms. The number of ether oxygens (including phenoxy) is 1. The second-order valence-corrected chi connectivity index (χ2v) is 7.37. The summed E-state index contributed by atoms with van der Waals surface area (Å²) in [6.45, 7) is 1.46. The van der Waals surface area contributed by atoms with E-state index in [1.54, 1.807) is 35.9 Å². The summed E-state index contributed by atoms with van der Waals surface area (Å²) in [5.41, 5.74) is 1.08. The number of rotatable bonds is 5. The monoisotopic (exact) mass is 410 g/mol. The van der Waals surface area contributed by atoms with E-state index >= 15 is 0 Å². The van der Waals surface area contributed by atoms with E-state index in [-0.39, 0.29) is 23.3 Å². The van der Waals surface area contributed by atoms with Crippen molar-refractivity contribution in [2.24, 2.45) is 0 Å². The Morgan fingerprint density at radius 1 is 1.17 bits per heavy atom. The van der Waals surface area contributed by atoms with Gasteiger partial charge in [-0.3, -0.25) is 9.36 Å². The van der Waals surface area contributed by atoms with Gasteiger partial charge in [-0.1, -0.05) is 24.3 Å². The number of halogens is 1. The van der Waals surface area contributed by atoms with Crippen LogP contribution in [0.4, 0.5) is 4.39 Å². The van der Waals surface area contributed by atoms with Gasteiger partial charge in [-0.05, 0) is 42.7 Å². The fourth-order valence-electron chi connectivity index (χ4n) is 3.90. The smallest absolute Gasteiger partial charge is 0.343 e. The fourth-order valence-corrected chi connectivity index (χ4v) is 3.90. The first-order chi connectivity index (χ1) is 14.6. The number of nitrogens with zero attached hydrogens (tertiary/aromatic N) is 3. The zero-order chi connectivity index (χ0) is 21.1. The molecular formula is C22H23FN4O3. The molecule has 8 heteroatoms. The third-order valence-corrected chi connectivity index (χ3v) is 5.53. The van der Waals surface area contributed by atoms with Gasteiger partial charge in [0.2, 0.25) is 0 Å². The van der Waals surface area contributed by atoms with Crippen LogP contribution in [0.1, 0.15) is 40.5 Å². The lowest BCUT2D eigenvalue weighted by molar-refractivity contribution is 0.0707. The van der Waals surface area contributed by atoms with Gasteiger partial charge in [0.1, 0.15) is 17.4 Å². The number of nitrogens with one attached hydrogen (secondary N) is 1. The quantitative estimate of drug-likeness (QED) is 0.702. The SMILES string of the molecule is COc1ccccc1C(=O)N1CCC(c2n[nH]c(=O)n2Cc2ccc(F)cc2)CC1. The number of carbonyl (C=O) groups is 1. The number of hydrogen-bond acceptors (Lipinski definition) is 4. The number of aromatic nitrogens is 3. The lowest BCUT2D eigenvalue weighted by Gasteiger charge is -2.32. The van der Waals surface area contributed by atoms with Gasteiger partial charge in [0.25, 0.3) is 5.91 Å². The largest absolute Gasteiger partial charge is 0.496 e. The molecule has 30 heavy (non-hydrogen) atoms. The van der Waals surface area contributed by atoms with Gasteiger partial charge in [0.15, 0.2) is 0 Å². The van der Waals surface area contributed by atoms with E-state index in [0.717, 1.165) is 5.56 Å². The molecule has 2 heterocycles. The lowest BCUT2D eigenvalue weighted by atomic mass is 9.95. The highest BCUT2D eigenvalue weighted by Gasteiger charge is 2.29. The number of amides is 1. The van der Waals surface area contributed by atoms with Gasteiger partial charge in [0, 0.05) is 19.0 Å². The molecule has 0 atom stereocenters. The normalized spacial score (nSPS) is 14.7. The number of H-pyrrole nitrogens is 1. The summed E-state index contributed by atoms with van der Waals surface area (Å²) in [4.78, 5) is 27.0. The Labute approximate surface area is 173 Å². The first-order valence-electron chi connectivity index (χ1n) is 9.88. The topological polar surface area (TPSA) is 80.2 Å². The van der Waals surface area contributed by atoms with Crippen molar-refractivity contribution >= 4 is 5.91 Å². The standard InChI is InChI=1S/C22H23FN4O3/c1-30-19-5-3-2-4-18(19)21(28)26-12-10-16(11-13-26)20-24-25-22(29)27(20)14-15-6-8-17(23)9-7-15/h2-9,16H,10-14H2,1H3,(H,25,29). The summed E-state index contributed by atoms with van der Waals surface area (Å²) in [7, 11) is 1.55. The summed E-state index contributed by atoms with van der Waals surface area (Å²) < 4.78 is 20.1. The van der Waals surface area contributed by atoms with Crippen LogP contribution in [0.2, 0.25) is 0 Å². The Kier molecular flexibility index (Phi) is 5.65. The Hall–Kier alpha value is -3.42. The van der Waals surface area contributed by atoms with Gasteiger partial charge in [-0.2, -0.15) is 5.10 Å². The van der Waals surface area contributed by atoms with Gasteiger partial charge >= 0.3 is 5.69 Å². The Balaban J connectivity index is 1.46. The van der Waals surface area contributed by atoms with E-state index in [1.165, 1.54) is 12.1 Å². The second-order valence-electron chi connectivity index (χ2n) is 7.37. The van der Waals surface area contributed by atoms with Crippen molar-refractivity contribution in [3.05, 3.63) is 81.8 Å². The summed E-state index contributed by atoms with van der Waals surface area (Å²) in [6.07, 6.45) is 1.41. The molecule has 4 rings (SSSR count). The van der Waals surface area contributed by atoms with Crippen molar-refractivity contribution in [2.45, 2.75) is 25.3 Å². The number of benzene rings is 2. The van der Waals surface area contributed by atoms with Crippen molar-refractivity contribution in [1.82, 2.24) is 19.7 Å². The van der Waals surface area contributed by atoms with Crippen LogP contribution in [-0.2, 0) is 6.54 Å². The Morgan fingerprint density at radius 3 is 2.57 bits per heavy atom. The highest BCUT2D eigenvalue weighted by Crippen LogP contribution is 2.28. The highest BCUT2D eigenvalue weighted by atomic mass is 19.1. The fraction of sp³-hybridized carbons (Fsp3) is 0.318. The zero-order valence-corrected chi connectivity index (χ0v) is 16.7. The number of methoxy groups -OCH3 is 1. The summed E-state index contributed by atoms with van der Waals surface area (Å²) in [6, 6.07) is 13.3. The van der Waals surface area contributed by atoms with Crippen molar-refractivity contribution in [3.63, 3.8) is 0 Å². The van der Waals surface area contributed by atoms with Crippen LogP contribution in [0.5, 0.6) is 5.75 Å². The molecule has 1 aliphatic rings. The summed E-state index contributed by atoms with van der Waals surface area (Å²) >= 11 is 0. The van der Waals surface area contributed by atoms with Crippen LogP contribution < -0.4 is 10.4 Å². The van der Waals surface area contributed by atoms with E-state index in [9.17, 15) is 14.0 Å². The average molecular weight is 410 g/mol. The minimum absolute atomic E-state index is 0.0587. The number of carbonyl (C=O) groups excluding carboxylic acids is 1. The van der Waals surface area contributed by atoms with E-state index in [2.05, 4.69) is 10.2 Å². The summed E-state index contributed by atoms with van der Waals surface area (Å²) in [5.74, 6) is 0.923. The predicted octanol–water partition coefficient (Wildman–Crippen LogP) is 2.79. The van der Waals surface area contributed by atoms with E-state index in [1.807, 2.05) is 17.0 Å². The van der Waals surface area contributed by atoms with Crippen LogP contribution in [0.3, 0.4) is 0 Å². The van der Waals surface area contributed by atoms with E-state index < -0.39 is 0 Å². The number of likely N-dealkylation sites (tertiary alicyclic amines) is 1. The Bertz CT molecular complexity index is 1080. The molecule has 1 N–H and O–H groups in total. The Morgan fingerprint density at radius 2 is 1.87 bits per heavy atom. The van der Waals surface area contributed by atoms with Gasteiger partial charge < -0.3 is 9.64 Å². The molecule has 0 unspecified atom stereocenters. The second kappa shape index (κ2) is 8.52. The molecule has 0 aliphatic carbocycles. The highest BCUT2D eigenvalue weighted by molar-refractivity contribution is 5.97. The first kappa shape index (κ1) is 19.9. The van der Waals surface area contributed by atoms with Gasteiger partial charge in [-0.25, -0.2) is 14.3 Å². The van der Waals surface area contributed by atoms with Crippen LogP contribution in [-0.4, -0.2) is 45.8 Å². The maximum atomic E-state index is 13.2. The number of aromatic amines is 1. The van der Waals surface area contributed by atoms with Crippen LogP contribution in [0.25, 0.3) is 0 Å². The van der Waals surface area contributed by atoms with Crippen molar-refractivity contribution in [2.75, 3.05) is 20.2 Å². The van der Waals surface area contributed by atoms with Gasteiger partial charge in [0.05, 0.1) is 19.2 Å². The van der Waals surface area contributed by atoms with Gasteiger partial charge in [-0.15, -0.1) is 0 Å². The number of piperidine rings is 1. The number of para-hydroxylation sites is 1. The molecule has 0 radical (unpaired) electrons. The van der Waals surface area contributed by atoms with Crippen LogP contribution >= 0.6 is 0 Å². The molecular weight excluding hydrogens is 387 g/mol. The minimum atomic E-state index is -0.314. The van der Waals surface area contributed by atoms with E-state index in [4.69, 9.17) is 4.74 Å². The molecule has 1 saturated heterocycles. The van der Waals surface area contributed by atoms with Crippen LogP contribution in [0.15, 0.2) is 53.3 Å². The van der Waals surface area contributed by atoms with Crippen molar-refractivity contribution < 1.29 is 13.9 Å². The van der Waals surface area contributed by atoms with Crippen LogP contribution in [0, 0.1) is 5.82 Å². The third kappa shape index (κ3) is 3.98. The van der Waals surface area contributed by atoms with Crippen molar-refractivity contribution in [1.29, 1.82) is 0 Å². The molecule has 0 bridgehead atoms. The average Bonchev–Trinajstić information content (AvgIpc) is 3.15. The molecule has 7 nitrogen and oxygen atoms in total. The zero-order valence-electron chi connectivity index (χ0n) is 16.7. The molecule has 1 aromatic heterocycles. The molecule has 1 amide bonds. The van der Waals surface area contributed by atoms with Crippen molar-refractivity contribution in [3.8, 4) is 5.75 Å². The molecule has 0 saturated carbocycles. The maximum Gasteiger partial charge on any atom is 0.343 e. The molecule has 3 aromatic rings. The molecule has 156 valence electrons. The first-order valence-corrected chi connectivity index (χ1v) is 9.88. The maximum absolute atomic E-state index is 13.2. The lowest BCUT2D eigenvalue weighted by Crippen LogP contribution is -2.38. The summed E-state index contributed by atoms with van der Waals surface area (Å²) in [5, 5.41) is 6.76.